The van der Waals surface area contributed by atoms with Crippen LogP contribution in [-0.2, 0) is 10.0 Å². The van der Waals surface area contributed by atoms with Gasteiger partial charge in [-0.2, -0.15) is 4.31 Å². The van der Waals surface area contributed by atoms with Crippen LogP contribution in [0.4, 0.5) is 10.1 Å². The maximum atomic E-state index is 13.2. The van der Waals surface area contributed by atoms with Crippen LogP contribution in [0.2, 0.25) is 0 Å². The van der Waals surface area contributed by atoms with Crippen molar-refractivity contribution in [3.63, 3.8) is 0 Å². The van der Waals surface area contributed by atoms with Gasteiger partial charge in [0.25, 0.3) is 0 Å². The van der Waals surface area contributed by atoms with Crippen LogP contribution < -0.4 is 5.73 Å². The van der Waals surface area contributed by atoms with E-state index in [9.17, 15) is 12.8 Å². The summed E-state index contributed by atoms with van der Waals surface area (Å²) in [5.74, 6) is -0.608. The summed E-state index contributed by atoms with van der Waals surface area (Å²) in [4.78, 5) is -0.162. The molecule has 0 aliphatic rings. The molecule has 0 fully saturated rings. The van der Waals surface area contributed by atoms with Gasteiger partial charge < -0.3 is 5.73 Å². The van der Waals surface area contributed by atoms with Gasteiger partial charge in [-0.3, -0.25) is 0 Å². The first-order chi connectivity index (χ1) is 8.30. The van der Waals surface area contributed by atoms with Gasteiger partial charge in [-0.05, 0) is 38.5 Å². The Balaban J connectivity index is 3.30. The maximum Gasteiger partial charge on any atom is 0.245 e. The Morgan fingerprint density at radius 2 is 2.00 bits per heavy atom. The number of benzene rings is 1. The van der Waals surface area contributed by atoms with Gasteiger partial charge in [-0.1, -0.05) is 6.92 Å². The van der Waals surface area contributed by atoms with Crippen molar-refractivity contribution in [3.8, 4) is 0 Å². The molecule has 2 N–H and O–H groups in total. The summed E-state index contributed by atoms with van der Waals surface area (Å²) >= 11 is 0. The van der Waals surface area contributed by atoms with Crippen LogP contribution in [0.15, 0.2) is 23.1 Å². The summed E-state index contributed by atoms with van der Waals surface area (Å²) in [6, 6.07) is 3.19. The molecule has 0 saturated carbocycles. The lowest BCUT2D eigenvalue weighted by Gasteiger charge is -2.26. The Labute approximate surface area is 108 Å². The molecule has 0 aromatic heterocycles. The third-order valence-corrected chi connectivity index (χ3v) is 4.71. The van der Waals surface area contributed by atoms with E-state index in [4.69, 9.17) is 5.73 Å². The van der Waals surface area contributed by atoms with E-state index in [-0.39, 0.29) is 16.6 Å². The molecule has 0 atom stereocenters. The van der Waals surface area contributed by atoms with Crippen LogP contribution in [0.25, 0.3) is 0 Å². The minimum absolute atomic E-state index is 0.0677. The number of anilines is 1. The van der Waals surface area contributed by atoms with E-state index >= 15 is 0 Å². The van der Waals surface area contributed by atoms with Gasteiger partial charge in [0.15, 0.2) is 0 Å². The predicted molar refractivity (Wildman–Crippen MR) is 70.1 cm³/mol. The number of nitrogen functional groups attached to an aromatic ring is 1. The summed E-state index contributed by atoms with van der Waals surface area (Å²) in [5.41, 5.74) is 5.70. The van der Waals surface area contributed by atoms with Crippen LogP contribution in [0.1, 0.15) is 27.2 Å². The average Bonchev–Trinajstić information content (AvgIpc) is 2.28. The van der Waals surface area contributed by atoms with E-state index in [1.807, 2.05) is 6.92 Å². The summed E-state index contributed by atoms with van der Waals surface area (Å²) in [5, 5.41) is 0. The molecule has 18 heavy (non-hydrogen) atoms. The van der Waals surface area contributed by atoms with Gasteiger partial charge in [0.1, 0.15) is 10.7 Å². The van der Waals surface area contributed by atoms with Crippen molar-refractivity contribution in [1.29, 1.82) is 0 Å². The van der Waals surface area contributed by atoms with Crippen LogP contribution >= 0.6 is 0 Å². The predicted octanol–water partition coefficient (Wildman–Crippen LogP) is 2.22. The highest BCUT2D eigenvalue weighted by atomic mass is 32.2. The Morgan fingerprint density at radius 3 is 2.50 bits per heavy atom. The first kappa shape index (κ1) is 14.9. The minimum Gasteiger partial charge on any atom is -0.398 e. The fourth-order valence-corrected chi connectivity index (χ4v) is 3.59. The van der Waals surface area contributed by atoms with Crippen LogP contribution in [0, 0.1) is 5.82 Å². The fraction of sp³-hybridized carbons (Fsp3) is 0.500. The topological polar surface area (TPSA) is 63.4 Å². The smallest absolute Gasteiger partial charge is 0.245 e. The fourth-order valence-electron chi connectivity index (χ4n) is 1.73. The minimum atomic E-state index is -3.75. The monoisotopic (exact) mass is 274 g/mol. The number of nitrogens with zero attached hydrogens (tertiary/aromatic N) is 1. The lowest BCUT2D eigenvalue weighted by Crippen LogP contribution is -2.37. The molecule has 0 aliphatic carbocycles. The number of hydrogen-bond donors (Lipinski definition) is 1. The third kappa shape index (κ3) is 3.00. The SMILES string of the molecule is CCCN(C(C)C)S(=O)(=O)c1cc(F)ccc1N. The van der Waals surface area contributed by atoms with E-state index in [1.54, 1.807) is 13.8 Å². The molecule has 1 rings (SSSR count). The number of halogens is 1. The van der Waals surface area contributed by atoms with E-state index in [2.05, 4.69) is 0 Å². The first-order valence-corrected chi connectivity index (χ1v) is 7.31. The standard InChI is InChI=1S/C12H19FN2O2S/c1-4-7-15(9(2)3)18(16,17)12-8-10(13)5-6-11(12)14/h5-6,8-9H,4,7,14H2,1-3H3. The molecule has 6 heteroatoms. The second kappa shape index (κ2) is 5.67. The lowest BCUT2D eigenvalue weighted by atomic mass is 10.3. The molecule has 0 aliphatic heterocycles. The van der Waals surface area contributed by atoms with Crippen molar-refractivity contribution in [2.45, 2.75) is 38.1 Å². The Morgan fingerprint density at radius 1 is 1.39 bits per heavy atom. The van der Waals surface area contributed by atoms with E-state index < -0.39 is 15.8 Å². The third-order valence-electron chi connectivity index (χ3n) is 2.58. The first-order valence-electron chi connectivity index (χ1n) is 5.87. The van der Waals surface area contributed by atoms with Gasteiger partial charge in [0.2, 0.25) is 10.0 Å². The van der Waals surface area contributed by atoms with E-state index in [0.717, 1.165) is 12.1 Å². The number of hydrogen-bond acceptors (Lipinski definition) is 3. The zero-order valence-electron chi connectivity index (χ0n) is 10.9. The Kier molecular flexibility index (Phi) is 4.70. The van der Waals surface area contributed by atoms with Crippen LogP contribution in [0.3, 0.4) is 0 Å². The van der Waals surface area contributed by atoms with Crippen molar-refractivity contribution in [2.75, 3.05) is 12.3 Å². The summed E-state index contributed by atoms with van der Waals surface area (Å²) in [6.45, 7) is 5.83. The highest BCUT2D eigenvalue weighted by Gasteiger charge is 2.28. The number of sulfonamides is 1. The quantitative estimate of drug-likeness (QED) is 0.837. The summed E-state index contributed by atoms with van der Waals surface area (Å²) in [7, 11) is -3.75. The maximum absolute atomic E-state index is 13.2. The van der Waals surface area contributed by atoms with Crippen LogP contribution in [-0.4, -0.2) is 25.3 Å². The normalized spacial score (nSPS) is 12.3. The van der Waals surface area contributed by atoms with Crippen molar-refractivity contribution in [2.24, 2.45) is 0 Å². The van der Waals surface area contributed by atoms with E-state index in [0.29, 0.717) is 13.0 Å². The second-order valence-corrected chi connectivity index (χ2v) is 6.25. The summed E-state index contributed by atoms with van der Waals surface area (Å²) in [6.07, 6.45) is 0.687. The second-order valence-electron chi connectivity index (χ2n) is 4.39. The number of nitrogens with two attached hydrogens (primary N) is 1. The van der Waals surface area contributed by atoms with Gasteiger partial charge in [-0.25, -0.2) is 12.8 Å². The van der Waals surface area contributed by atoms with Gasteiger partial charge in [-0.15, -0.1) is 0 Å². The lowest BCUT2D eigenvalue weighted by molar-refractivity contribution is 0.354. The zero-order chi connectivity index (χ0) is 13.9. The highest BCUT2D eigenvalue weighted by molar-refractivity contribution is 7.89. The Bertz CT molecular complexity index is 515. The molecular weight excluding hydrogens is 255 g/mol. The van der Waals surface area contributed by atoms with Crippen molar-refractivity contribution in [1.82, 2.24) is 4.31 Å². The molecule has 0 spiro atoms. The molecule has 1 aromatic carbocycles. The molecule has 0 amide bonds. The molecule has 1 aromatic rings. The molecule has 4 nitrogen and oxygen atoms in total. The van der Waals surface area contributed by atoms with Crippen molar-refractivity contribution < 1.29 is 12.8 Å². The molecule has 0 saturated heterocycles. The average molecular weight is 274 g/mol. The van der Waals surface area contributed by atoms with Crippen molar-refractivity contribution >= 4 is 15.7 Å². The van der Waals surface area contributed by atoms with Gasteiger partial charge in [0.05, 0.1) is 5.69 Å². The van der Waals surface area contributed by atoms with Crippen LogP contribution in [0.5, 0.6) is 0 Å². The summed E-state index contributed by atoms with van der Waals surface area (Å²) < 4.78 is 39.4. The largest absolute Gasteiger partial charge is 0.398 e. The molecular formula is C12H19FN2O2S. The molecule has 0 bridgehead atoms. The number of rotatable bonds is 5. The van der Waals surface area contributed by atoms with Gasteiger partial charge >= 0.3 is 0 Å². The Hall–Kier alpha value is -1.14. The molecule has 0 unspecified atom stereocenters. The molecule has 0 heterocycles. The molecule has 0 radical (unpaired) electrons. The highest BCUT2D eigenvalue weighted by Crippen LogP contribution is 2.24. The zero-order valence-corrected chi connectivity index (χ0v) is 11.7. The molecule has 102 valence electrons. The van der Waals surface area contributed by atoms with Crippen molar-refractivity contribution in [3.05, 3.63) is 24.0 Å². The van der Waals surface area contributed by atoms with Gasteiger partial charge in [0, 0.05) is 12.6 Å². The van der Waals surface area contributed by atoms with E-state index in [1.165, 1.54) is 10.4 Å².